The number of amides is 1. The highest BCUT2D eigenvalue weighted by Gasteiger charge is 2.19. The molecule has 0 aliphatic carbocycles. The minimum atomic E-state index is -0.706. The predicted octanol–water partition coefficient (Wildman–Crippen LogP) is 5.40. The zero-order valence-corrected chi connectivity index (χ0v) is 14.4. The van der Waals surface area contributed by atoms with Gasteiger partial charge < -0.3 is 9.73 Å². The second-order valence-electron chi connectivity index (χ2n) is 6.07. The van der Waals surface area contributed by atoms with Crippen LogP contribution in [0.15, 0.2) is 77.2 Å². The number of rotatable bonds is 4. The van der Waals surface area contributed by atoms with Crippen LogP contribution in [0.4, 0.5) is 15.8 Å². The van der Waals surface area contributed by atoms with Crippen molar-refractivity contribution in [2.24, 2.45) is 0 Å². The summed E-state index contributed by atoms with van der Waals surface area (Å²) in [5.41, 5.74) is 0.798. The number of nitrogens with one attached hydrogen (secondary N) is 1. The summed E-state index contributed by atoms with van der Waals surface area (Å²) in [7, 11) is 0. The van der Waals surface area contributed by atoms with Crippen molar-refractivity contribution in [3.05, 3.63) is 94.3 Å². The first-order valence-electron chi connectivity index (χ1n) is 8.36. The van der Waals surface area contributed by atoms with Gasteiger partial charge in [-0.25, -0.2) is 4.39 Å². The number of halogens is 1. The maximum atomic E-state index is 13.9. The molecule has 0 radical (unpaired) electrons. The van der Waals surface area contributed by atoms with E-state index in [0.717, 1.165) is 5.56 Å². The third kappa shape index (κ3) is 3.21. The number of nitro benzene ring substituents is 1. The predicted molar refractivity (Wildman–Crippen MR) is 103 cm³/mol. The molecule has 28 heavy (non-hydrogen) atoms. The molecular formula is C21H13FN2O4. The molecule has 4 rings (SSSR count). The summed E-state index contributed by atoms with van der Waals surface area (Å²) in [6.45, 7) is 0. The zero-order valence-electron chi connectivity index (χ0n) is 14.4. The summed E-state index contributed by atoms with van der Waals surface area (Å²) in [4.78, 5) is 23.2. The van der Waals surface area contributed by atoms with Gasteiger partial charge in [-0.15, -0.1) is 0 Å². The molecule has 6 nitrogen and oxygen atoms in total. The summed E-state index contributed by atoms with van der Waals surface area (Å²) >= 11 is 0. The fourth-order valence-corrected chi connectivity index (χ4v) is 2.91. The van der Waals surface area contributed by atoms with Crippen molar-refractivity contribution in [3.8, 4) is 11.3 Å². The van der Waals surface area contributed by atoms with Crippen molar-refractivity contribution in [2.75, 3.05) is 5.32 Å². The quantitative estimate of drug-likeness (QED) is 0.382. The first-order valence-corrected chi connectivity index (χ1v) is 8.36. The van der Waals surface area contributed by atoms with Gasteiger partial charge in [-0.05, 0) is 18.2 Å². The normalized spacial score (nSPS) is 10.8. The Morgan fingerprint density at radius 2 is 1.71 bits per heavy atom. The average molecular weight is 376 g/mol. The third-order valence-electron chi connectivity index (χ3n) is 4.26. The van der Waals surface area contributed by atoms with E-state index < -0.39 is 16.6 Å². The van der Waals surface area contributed by atoms with Crippen LogP contribution in [0.1, 0.15) is 10.4 Å². The van der Waals surface area contributed by atoms with Gasteiger partial charge >= 0.3 is 0 Å². The molecule has 7 heteroatoms. The van der Waals surface area contributed by atoms with Crippen LogP contribution >= 0.6 is 0 Å². The molecule has 138 valence electrons. The number of carbonyl (C=O) groups excluding carboxylic acids is 1. The molecule has 4 aromatic rings. The SMILES string of the molecule is O=C(Nc1cc([N+](=O)[O-])cc2oc(-c3ccccc3)cc12)c1ccccc1F. The number of hydrogen-bond donors (Lipinski definition) is 1. The highest BCUT2D eigenvalue weighted by atomic mass is 19.1. The van der Waals surface area contributed by atoms with Crippen molar-refractivity contribution < 1.29 is 18.5 Å². The van der Waals surface area contributed by atoms with Gasteiger partial charge in [-0.3, -0.25) is 14.9 Å². The van der Waals surface area contributed by atoms with Gasteiger partial charge in [0.2, 0.25) is 0 Å². The van der Waals surface area contributed by atoms with Crippen LogP contribution in [0.3, 0.4) is 0 Å². The molecular weight excluding hydrogens is 363 g/mol. The molecule has 3 aromatic carbocycles. The maximum Gasteiger partial charge on any atom is 0.275 e. The Morgan fingerprint density at radius 1 is 1.00 bits per heavy atom. The smallest absolute Gasteiger partial charge is 0.275 e. The van der Waals surface area contributed by atoms with E-state index in [9.17, 15) is 19.3 Å². The van der Waals surface area contributed by atoms with Gasteiger partial charge in [0.05, 0.1) is 22.2 Å². The number of fused-ring (bicyclic) bond motifs is 1. The van der Waals surface area contributed by atoms with Crippen LogP contribution < -0.4 is 5.32 Å². The van der Waals surface area contributed by atoms with Crippen LogP contribution in [-0.2, 0) is 0 Å². The second kappa shape index (κ2) is 6.96. The van der Waals surface area contributed by atoms with E-state index in [1.54, 1.807) is 6.07 Å². The third-order valence-corrected chi connectivity index (χ3v) is 4.26. The summed E-state index contributed by atoms with van der Waals surface area (Å²) in [5.74, 6) is -0.890. The van der Waals surface area contributed by atoms with E-state index >= 15 is 0 Å². The van der Waals surface area contributed by atoms with Crippen LogP contribution in [0.5, 0.6) is 0 Å². The average Bonchev–Trinajstić information content (AvgIpc) is 3.13. The standard InChI is InChI=1S/C21H13FN2O4/c22-17-9-5-4-8-15(17)21(25)23-18-10-14(24(26)27)11-20-16(18)12-19(28-20)13-6-2-1-3-7-13/h1-12H,(H,23,25). The summed E-state index contributed by atoms with van der Waals surface area (Å²) in [6.07, 6.45) is 0. The number of benzene rings is 3. The number of non-ortho nitro benzene ring substituents is 1. The molecule has 0 spiro atoms. The Kier molecular flexibility index (Phi) is 4.33. The monoisotopic (exact) mass is 376 g/mol. The van der Waals surface area contributed by atoms with Crippen molar-refractivity contribution in [2.45, 2.75) is 0 Å². The van der Waals surface area contributed by atoms with Crippen molar-refractivity contribution in [1.29, 1.82) is 0 Å². The van der Waals surface area contributed by atoms with Crippen LogP contribution in [0, 0.1) is 15.9 Å². The molecule has 1 aromatic heterocycles. The van der Waals surface area contributed by atoms with E-state index in [1.165, 1.54) is 36.4 Å². The molecule has 0 saturated carbocycles. The van der Waals surface area contributed by atoms with E-state index in [2.05, 4.69) is 5.32 Å². The number of furan rings is 1. The lowest BCUT2D eigenvalue weighted by molar-refractivity contribution is -0.384. The maximum absolute atomic E-state index is 13.9. The molecule has 0 aliphatic rings. The number of carbonyl (C=O) groups is 1. The largest absolute Gasteiger partial charge is 0.456 e. The Labute approximate surface area is 158 Å². The summed E-state index contributed by atoms with van der Waals surface area (Å²) in [6, 6.07) is 18.9. The first kappa shape index (κ1) is 17.4. The lowest BCUT2D eigenvalue weighted by Crippen LogP contribution is -2.14. The van der Waals surface area contributed by atoms with E-state index in [4.69, 9.17) is 4.42 Å². The lowest BCUT2D eigenvalue weighted by atomic mass is 10.1. The highest BCUT2D eigenvalue weighted by molar-refractivity contribution is 6.09. The van der Waals surface area contributed by atoms with E-state index in [-0.39, 0.29) is 22.5 Å². The van der Waals surface area contributed by atoms with Gasteiger partial charge in [-0.1, -0.05) is 42.5 Å². The fourth-order valence-electron chi connectivity index (χ4n) is 2.91. The second-order valence-corrected chi connectivity index (χ2v) is 6.07. The lowest BCUT2D eigenvalue weighted by Gasteiger charge is -2.07. The Hall–Kier alpha value is -4.00. The molecule has 0 saturated heterocycles. The highest BCUT2D eigenvalue weighted by Crippen LogP contribution is 2.35. The Morgan fingerprint density at radius 3 is 2.43 bits per heavy atom. The molecule has 1 heterocycles. The van der Waals surface area contributed by atoms with Crippen LogP contribution in [-0.4, -0.2) is 10.8 Å². The number of nitro groups is 1. The van der Waals surface area contributed by atoms with Crippen molar-refractivity contribution >= 4 is 28.3 Å². The van der Waals surface area contributed by atoms with Gasteiger partial charge in [0.15, 0.2) is 0 Å². The van der Waals surface area contributed by atoms with Gasteiger partial charge in [0.25, 0.3) is 11.6 Å². The van der Waals surface area contributed by atoms with Crippen molar-refractivity contribution in [1.82, 2.24) is 0 Å². The van der Waals surface area contributed by atoms with E-state index in [1.807, 2.05) is 30.3 Å². The van der Waals surface area contributed by atoms with Gasteiger partial charge in [0.1, 0.15) is 17.2 Å². The minimum Gasteiger partial charge on any atom is -0.456 e. The summed E-state index contributed by atoms with van der Waals surface area (Å²) < 4.78 is 19.7. The number of hydrogen-bond acceptors (Lipinski definition) is 4. The first-order chi connectivity index (χ1) is 13.5. The molecule has 1 amide bonds. The Bertz CT molecular complexity index is 1200. The molecule has 0 bridgehead atoms. The molecule has 0 aliphatic heterocycles. The van der Waals surface area contributed by atoms with Gasteiger partial charge in [0, 0.05) is 17.0 Å². The summed E-state index contributed by atoms with van der Waals surface area (Å²) in [5, 5.41) is 14.3. The molecule has 0 unspecified atom stereocenters. The van der Waals surface area contributed by atoms with Crippen LogP contribution in [0.2, 0.25) is 0 Å². The molecule has 0 atom stereocenters. The van der Waals surface area contributed by atoms with Crippen LogP contribution in [0.25, 0.3) is 22.3 Å². The molecule has 1 N–H and O–H groups in total. The number of anilines is 1. The molecule has 0 fully saturated rings. The Balaban J connectivity index is 1.82. The number of nitrogens with zero attached hydrogens (tertiary/aromatic N) is 1. The van der Waals surface area contributed by atoms with Crippen molar-refractivity contribution in [3.63, 3.8) is 0 Å². The zero-order chi connectivity index (χ0) is 19.7. The topological polar surface area (TPSA) is 85.4 Å². The minimum absolute atomic E-state index is 0.158. The fraction of sp³-hybridized carbons (Fsp3) is 0. The van der Waals surface area contributed by atoms with Gasteiger partial charge in [-0.2, -0.15) is 0 Å². The van der Waals surface area contributed by atoms with E-state index in [0.29, 0.717) is 11.1 Å².